The molecule has 0 aliphatic rings. The lowest BCUT2D eigenvalue weighted by Crippen LogP contribution is -2.23. The zero-order valence-electron chi connectivity index (χ0n) is 12.3. The van der Waals surface area contributed by atoms with Gasteiger partial charge in [-0.2, -0.15) is 0 Å². The van der Waals surface area contributed by atoms with Gasteiger partial charge in [-0.1, -0.05) is 13.3 Å². The summed E-state index contributed by atoms with van der Waals surface area (Å²) in [5.41, 5.74) is 4.04. The van der Waals surface area contributed by atoms with Gasteiger partial charge in [0.25, 0.3) is 0 Å². The van der Waals surface area contributed by atoms with E-state index in [1.807, 2.05) is 0 Å². The molecule has 1 aromatic rings. The van der Waals surface area contributed by atoms with Crippen molar-refractivity contribution in [3.05, 3.63) is 23.0 Å². The summed E-state index contributed by atoms with van der Waals surface area (Å²) < 4.78 is 2.23. The van der Waals surface area contributed by atoms with Gasteiger partial charge in [0.05, 0.1) is 0 Å². The Hall–Kier alpha value is -0.800. The fraction of sp³-hybridized carbons (Fsp3) is 0.733. The Morgan fingerprint density at radius 2 is 2.06 bits per heavy atom. The van der Waals surface area contributed by atoms with Crippen molar-refractivity contribution in [3.8, 4) is 0 Å². The fourth-order valence-electron chi connectivity index (χ4n) is 2.46. The first-order chi connectivity index (χ1) is 8.60. The number of rotatable bonds is 8. The Bertz CT molecular complexity index is 352. The molecule has 0 saturated heterocycles. The highest BCUT2D eigenvalue weighted by molar-refractivity contribution is 5.26. The standard InChI is InChI=1S/C15H28N2O/c1-5-6-14(7-8-18)10-16-11-15-9-12(2)17(4)13(15)3/h9,14,16,18H,5-8,10-11H2,1-4H3. The van der Waals surface area contributed by atoms with Crippen molar-refractivity contribution in [1.29, 1.82) is 0 Å². The molecule has 2 N–H and O–H groups in total. The second-order valence-corrected chi connectivity index (χ2v) is 5.25. The molecule has 0 aliphatic heterocycles. The first-order valence-corrected chi connectivity index (χ1v) is 7.03. The van der Waals surface area contributed by atoms with Crippen LogP contribution in [0.2, 0.25) is 0 Å². The predicted octanol–water partition coefficient (Wildman–Crippen LogP) is 2.53. The van der Waals surface area contributed by atoms with Crippen LogP contribution in [0.15, 0.2) is 6.07 Å². The number of aliphatic hydroxyl groups excluding tert-OH is 1. The fourth-order valence-corrected chi connectivity index (χ4v) is 2.46. The summed E-state index contributed by atoms with van der Waals surface area (Å²) in [6.45, 7) is 8.75. The number of nitrogens with zero attached hydrogens (tertiary/aromatic N) is 1. The molecule has 3 nitrogen and oxygen atoms in total. The smallest absolute Gasteiger partial charge is 0.0434 e. The van der Waals surface area contributed by atoms with E-state index < -0.39 is 0 Å². The molecule has 1 atom stereocenters. The molecule has 0 spiro atoms. The Balaban J connectivity index is 2.42. The van der Waals surface area contributed by atoms with Crippen LogP contribution < -0.4 is 5.32 Å². The molecule has 104 valence electrons. The predicted molar refractivity (Wildman–Crippen MR) is 76.7 cm³/mol. The number of aromatic nitrogens is 1. The van der Waals surface area contributed by atoms with Crippen LogP contribution in [0, 0.1) is 19.8 Å². The van der Waals surface area contributed by atoms with E-state index in [0.29, 0.717) is 12.5 Å². The summed E-state index contributed by atoms with van der Waals surface area (Å²) in [5.74, 6) is 0.602. The van der Waals surface area contributed by atoms with Crippen LogP contribution in [0.4, 0.5) is 0 Å². The summed E-state index contributed by atoms with van der Waals surface area (Å²) in [5, 5.41) is 12.6. The molecule has 3 heteroatoms. The highest BCUT2D eigenvalue weighted by Crippen LogP contribution is 2.14. The van der Waals surface area contributed by atoms with E-state index in [9.17, 15) is 0 Å². The summed E-state index contributed by atoms with van der Waals surface area (Å²) in [7, 11) is 2.11. The van der Waals surface area contributed by atoms with E-state index in [1.165, 1.54) is 29.8 Å². The Morgan fingerprint density at radius 1 is 1.33 bits per heavy atom. The number of hydrogen-bond acceptors (Lipinski definition) is 2. The number of aliphatic hydroxyl groups is 1. The average Bonchev–Trinajstić information content (AvgIpc) is 2.58. The van der Waals surface area contributed by atoms with E-state index in [4.69, 9.17) is 5.11 Å². The SMILES string of the molecule is CCCC(CCO)CNCc1cc(C)n(C)c1C. The van der Waals surface area contributed by atoms with Crippen molar-refractivity contribution in [2.75, 3.05) is 13.2 Å². The van der Waals surface area contributed by atoms with Crippen molar-refractivity contribution in [2.45, 2.75) is 46.6 Å². The number of hydrogen-bond donors (Lipinski definition) is 2. The zero-order chi connectivity index (χ0) is 13.5. The lowest BCUT2D eigenvalue weighted by Gasteiger charge is -2.15. The minimum atomic E-state index is 0.301. The average molecular weight is 252 g/mol. The molecule has 0 aliphatic carbocycles. The molecule has 0 radical (unpaired) electrons. The van der Waals surface area contributed by atoms with Gasteiger partial charge in [0.1, 0.15) is 0 Å². The van der Waals surface area contributed by atoms with Crippen molar-refractivity contribution in [1.82, 2.24) is 9.88 Å². The molecule has 0 amide bonds. The number of nitrogens with one attached hydrogen (secondary N) is 1. The van der Waals surface area contributed by atoms with Crippen LogP contribution in [0.3, 0.4) is 0 Å². The van der Waals surface area contributed by atoms with Gasteiger partial charge in [-0.25, -0.2) is 0 Å². The van der Waals surface area contributed by atoms with Crippen LogP contribution in [-0.2, 0) is 13.6 Å². The maximum Gasteiger partial charge on any atom is 0.0434 e. The molecule has 1 aromatic heterocycles. The van der Waals surface area contributed by atoms with Crippen molar-refractivity contribution >= 4 is 0 Å². The minimum Gasteiger partial charge on any atom is -0.396 e. The molecule has 1 rings (SSSR count). The number of aryl methyl sites for hydroxylation is 1. The molecule has 18 heavy (non-hydrogen) atoms. The van der Waals surface area contributed by atoms with Crippen molar-refractivity contribution in [2.24, 2.45) is 13.0 Å². The normalized spacial score (nSPS) is 12.9. The summed E-state index contributed by atoms with van der Waals surface area (Å²) in [4.78, 5) is 0. The maximum atomic E-state index is 9.03. The van der Waals surface area contributed by atoms with Gasteiger partial charge in [0.15, 0.2) is 0 Å². The third-order valence-corrected chi connectivity index (χ3v) is 3.86. The second kappa shape index (κ2) is 7.59. The van der Waals surface area contributed by atoms with Crippen LogP contribution in [0.1, 0.15) is 43.1 Å². The van der Waals surface area contributed by atoms with Crippen LogP contribution in [-0.4, -0.2) is 22.8 Å². The van der Waals surface area contributed by atoms with Gasteiger partial charge in [-0.3, -0.25) is 0 Å². The van der Waals surface area contributed by atoms with E-state index in [1.54, 1.807) is 0 Å². The minimum absolute atomic E-state index is 0.301. The third-order valence-electron chi connectivity index (χ3n) is 3.86. The van der Waals surface area contributed by atoms with Crippen LogP contribution in [0.25, 0.3) is 0 Å². The molecule has 0 saturated carbocycles. The van der Waals surface area contributed by atoms with E-state index in [2.05, 4.69) is 43.8 Å². The maximum absolute atomic E-state index is 9.03. The van der Waals surface area contributed by atoms with E-state index in [0.717, 1.165) is 19.5 Å². The highest BCUT2D eigenvalue weighted by atomic mass is 16.3. The molecule has 1 heterocycles. The summed E-state index contributed by atoms with van der Waals surface area (Å²) in [6.07, 6.45) is 3.30. The first-order valence-electron chi connectivity index (χ1n) is 7.03. The third kappa shape index (κ3) is 4.14. The van der Waals surface area contributed by atoms with Crippen molar-refractivity contribution < 1.29 is 5.11 Å². The Morgan fingerprint density at radius 3 is 2.56 bits per heavy atom. The summed E-state index contributed by atoms with van der Waals surface area (Å²) >= 11 is 0. The molecule has 0 bridgehead atoms. The van der Waals surface area contributed by atoms with Gasteiger partial charge < -0.3 is 15.0 Å². The Kier molecular flexibility index (Phi) is 6.44. The van der Waals surface area contributed by atoms with Crippen LogP contribution in [0.5, 0.6) is 0 Å². The summed E-state index contributed by atoms with van der Waals surface area (Å²) in [6, 6.07) is 2.25. The van der Waals surface area contributed by atoms with Crippen LogP contribution >= 0.6 is 0 Å². The van der Waals surface area contributed by atoms with E-state index >= 15 is 0 Å². The topological polar surface area (TPSA) is 37.2 Å². The lowest BCUT2D eigenvalue weighted by molar-refractivity contribution is 0.248. The molecule has 0 fully saturated rings. The molecular formula is C15H28N2O. The quantitative estimate of drug-likeness (QED) is 0.746. The Labute approximate surface area is 111 Å². The van der Waals surface area contributed by atoms with Gasteiger partial charge in [0.2, 0.25) is 0 Å². The van der Waals surface area contributed by atoms with E-state index in [-0.39, 0.29) is 0 Å². The van der Waals surface area contributed by atoms with Gasteiger partial charge in [-0.05, 0) is 50.8 Å². The lowest BCUT2D eigenvalue weighted by atomic mass is 10.0. The monoisotopic (exact) mass is 252 g/mol. The second-order valence-electron chi connectivity index (χ2n) is 5.25. The van der Waals surface area contributed by atoms with Crippen molar-refractivity contribution in [3.63, 3.8) is 0 Å². The zero-order valence-corrected chi connectivity index (χ0v) is 12.3. The molecular weight excluding hydrogens is 224 g/mol. The van der Waals surface area contributed by atoms with Gasteiger partial charge in [0, 0.05) is 31.6 Å². The largest absolute Gasteiger partial charge is 0.396 e. The van der Waals surface area contributed by atoms with Gasteiger partial charge >= 0.3 is 0 Å². The first kappa shape index (κ1) is 15.3. The molecule has 1 unspecified atom stereocenters. The van der Waals surface area contributed by atoms with Gasteiger partial charge in [-0.15, -0.1) is 0 Å². The molecule has 0 aromatic carbocycles. The highest BCUT2D eigenvalue weighted by Gasteiger charge is 2.09.